The van der Waals surface area contributed by atoms with Crippen LogP contribution in [-0.4, -0.2) is 59.7 Å². The Balaban J connectivity index is 1.90. The van der Waals surface area contributed by atoms with Crippen LogP contribution in [0.1, 0.15) is 54.2 Å². The lowest BCUT2D eigenvalue weighted by Crippen LogP contribution is -2.26. The molecule has 1 saturated heterocycles. The molecule has 9 heteroatoms. The van der Waals surface area contributed by atoms with Gasteiger partial charge in [0.25, 0.3) is 0 Å². The van der Waals surface area contributed by atoms with E-state index in [4.69, 9.17) is 14.2 Å². The number of aliphatic hydroxyl groups is 2. The molecular formula is C20H30N4O5. The van der Waals surface area contributed by atoms with Gasteiger partial charge < -0.3 is 29.0 Å². The zero-order chi connectivity index (χ0) is 21.4. The van der Waals surface area contributed by atoms with Crippen molar-refractivity contribution in [3.05, 3.63) is 18.7 Å². The van der Waals surface area contributed by atoms with Crippen LogP contribution in [-0.2, 0) is 4.74 Å². The Morgan fingerprint density at radius 2 is 1.83 bits per heavy atom. The van der Waals surface area contributed by atoms with E-state index in [1.165, 1.54) is 0 Å². The smallest absolute Gasteiger partial charge is 0.320 e. The number of nitrogens with zero attached hydrogens (tertiary/aromatic N) is 4. The van der Waals surface area contributed by atoms with Crippen molar-refractivity contribution >= 4 is 0 Å². The highest BCUT2D eigenvalue weighted by molar-refractivity contribution is 5.63. The third-order valence-electron chi connectivity index (χ3n) is 4.13. The molecule has 29 heavy (non-hydrogen) atoms. The molecule has 0 radical (unpaired) electrons. The van der Waals surface area contributed by atoms with Crippen molar-refractivity contribution in [1.82, 2.24) is 19.5 Å². The first-order valence-electron chi connectivity index (χ1n) is 9.68. The Bertz CT molecular complexity index is 840. The van der Waals surface area contributed by atoms with Crippen molar-refractivity contribution in [1.29, 1.82) is 0 Å². The SMILES string of the molecule is CC(C)(C)Oc1ncc(-c2cn([C@H]3C[C@H](O)[C@@H](CO)O3)cn2)c(OC(C)(C)C)n1. The van der Waals surface area contributed by atoms with E-state index < -0.39 is 29.6 Å². The maximum Gasteiger partial charge on any atom is 0.320 e. The van der Waals surface area contributed by atoms with Crippen LogP contribution in [0.4, 0.5) is 0 Å². The number of ether oxygens (including phenoxy) is 3. The van der Waals surface area contributed by atoms with Gasteiger partial charge >= 0.3 is 6.01 Å². The lowest BCUT2D eigenvalue weighted by Gasteiger charge is -2.23. The van der Waals surface area contributed by atoms with E-state index in [0.717, 1.165) is 0 Å². The fraction of sp³-hybridized carbons (Fsp3) is 0.650. The molecule has 0 unspecified atom stereocenters. The van der Waals surface area contributed by atoms with Gasteiger partial charge in [0.05, 0.1) is 30.3 Å². The maximum absolute atomic E-state index is 9.97. The predicted molar refractivity (Wildman–Crippen MR) is 106 cm³/mol. The van der Waals surface area contributed by atoms with Crippen LogP contribution in [0, 0.1) is 0 Å². The second-order valence-electron chi connectivity index (χ2n) is 9.12. The normalized spacial score (nSPS) is 22.7. The second-order valence-corrected chi connectivity index (χ2v) is 9.12. The summed E-state index contributed by atoms with van der Waals surface area (Å²) in [5.74, 6) is 0.373. The first-order chi connectivity index (χ1) is 13.4. The highest BCUT2D eigenvalue weighted by Gasteiger charge is 2.34. The minimum absolute atomic E-state index is 0.230. The van der Waals surface area contributed by atoms with Crippen molar-refractivity contribution < 1.29 is 24.4 Å². The molecule has 2 aromatic rings. The summed E-state index contributed by atoms with van der Waals surface area (Å²) >= 11 is 0. The topological polar surface area (TPSA) is 112 Å². The molecule has 1 fully saturated rings. The van der Waals surface area contributed by atoms with Gasteiger partial charge in [0.1, 0.15) is 23.5 Å². The summed E-state index contributed by atoms with van der Waals surface area (Å²) in [4.78, 5) is 13.2. The van der Waals surface area contributed by atoms with Gasteiger partial charge in [-0.1, -0.05) is 0 Å². The second kappa shape index (κ2) is 7.89. The van der Waals surface area contributed by atoms with Crippen molar-refractivity contribution in [2.24, 2.45) is 0 Å². The van der Waals surface area contributed by atoms with Gasteiger partial charge in [-0.05, 0) is 41.5 Å². The van der Waals surface area contributed by atoms with Gasteiger partial charge in [0.2, 0.25) is 5.88 Å². The zero-order valence-electron chi connectivity index (χ0n) is 17.8. The van der Waals surface area contributed by atoms with Crippen molar-refractivity contribution in [2.45, 2.75) is 77.6 Å². The summed E-state index contributed by atoms with van der Waals surface area (Å²) in [6.45, 7) is 11.3. The standard InChI is InChI=1S/C20H30N4O5/c1-19(2,3)28-17-12(8-21-18(23-17)29-20(4,5)6)13-9-24(11-22-13)16-7-14(26)15(10-25)27-16/h8-9,11,14-16,25-26H,7,10H2,1-6H3/t14-,15+,16+/m0/s1. The van der Waals surface area contributed by atoms with E-state index in [0.29, 0.717) is 23.6 Å². The Morgan fingerprint density at radius 1 is 1.14 bits per heavy atom. The number of hydrogen-bond donors (Lipinski definition) is 2. The molecule has 3 atom stereocenters. The van der Waals surface area contributed by atoms with Gasteiger partial charge in [-0.25, -0.2) is 9.97 Å². The highest BCUT2D eigenvalue weighted by atomic mass is 16.5. The Kier molecular flexibility index (Phi) is 5.84. The molecule has 2 aromatic heterocycles. The molecule has 0 bridgehead atoms. The predicted octanol–water partition coefficient (Wildman–Crippen LogP) is 2.34. The van der Waals surface area contributed by atoms with Gasteiger partial charge in [-0.3, -0.25) is 0 Å². The van der Waals surface area contributed by atoms with E-state index in [1.54, 1.807) is 23.3 Å². The Hall–Kier alpha value is -2.23. The molecule has 3 heterocycles. The van der Waals surface area contributed by atoms with E-state index >= 15 is 0 Å². The molecule has 0 amide bonds. The fourth-order valence-electron chi connectivity index (χ4n) is 2.91. The maximum atomic E-state index is 9.97. The lowest BCUT2D eigenvalue weighted by molar-refractivity contribution is -0.0443. The summed E-state index contributed by atoms with van der Waals surface area (Å²) in [7, 11) is 0. The molecule has 9 nitrogen and oxygen atoms in total. The molecular weight excluding hydrogens is 376 g/mol. The number of imidazole rings is 1. The fourth-order valence-corrected chi connectivity index (χ4v) is 2.91. The van der Waals surface area contributed by atoms with Crippen LogP contribution in [0.15, 0.2) is 18.7 Å². The molecule has 0 spiro atoms. The number of hydrogen-bond acceptors (Lipinski definition) is 8. The summed E-state index contributed by atoms with van der Waals surface area (Å²) in [6.07, 6.45) is 3.70. The van der Waals surface area contributed by atoms with Crippen molar-refractivity contribution in [2.75, 3.05) is 6.61 Å². The van der Waals surface area contributed by atoms with E-state index in [1.807, 2.05) is 41.5 Å². The summed E-state index contributed by atoms with van der Waals surface area (Å²) in [5, 5.41) is 19.2. The summed E-state index contributed by atoms with van der Waals surface area (Å²) < 4.78 is 19.3. The van der Waals surface area contributed by atoms with Gasteiger partial charge in [0, 0.05) is 18.8 Å². The van der Waals surface area contributed by atoms with E-state index in [9.17, 15) is 10.2 Å². The van der Waals surface area contributed by atoms with Gasteiger partial charge in [0.15, 0.2) is 0 Å². The lowest BCUT2D eigenvalue weighted by atomic mass is 10.2. The molecule has 0 saturated carbocycles. The average Bonchev–Trinajstić information content (AvgIpc) is 3.18. The molecule has 0 aliphatic carbocycles. The highest BCUT2D eigenvalue weighted by Crippen LogP contribution is 2.34. The molecule has 2 N–H and O–H groups in total. The first-order valence-corrected chi connectivity index (χ1v) is 9.68. The largest absolute Gasteiger partial charge is 0.471 e. The third-order valence-corrected chi connectivity index (χ3v) is 4.13. The molecule has 0 aromatic carbocycles. The Labute approximate surface area is 170 Å². The minimum atomic E-state index is -0.715. The number of aliphatic hydroxyl groups excluding tert-OH is 2. The van der Waals surface area contributed by atoms with Gasteiger partial charge in [-0.15, -0.1) is 0 Å². The van der Waals surface area contributed by atoms with Crippen molar-refractivity contribution in [3.63, 3.8) is 0 Å². The summed E-state index contributed by atoms with van der Waals surface area (Å²) in [5.41, 5.74) is 0.318. The van der Waals surface area contributed by atoms with Crippen LogP contribution >= 0.6 is 0 Å². The Morgan fingerprint density at radius 3 is 2.41 bits per heavy atom. The van der Waals surface area contributed by atoms with Gasteiger partial charge in [-0.2, -0.15) is 4.98 Å². The zero-order valence-corrected chi connectivity index (χ0v) is 17.8. The van der Waals surface area contributed by atoms with Crippen LogP contribution in [0.3, 0.4) is 0 Å². The minimum Gasteiger partial charge on any atom is -0.471 e. The average molecular weight is 406 g/mol. The van der Waals surface area contributed by atoms with E-state index in [-0.39, 0.29) is 12.6 Å². The molecule has 3 rings (SSSR count). The van der Waals surface area contributed by atoms with Crippen LogP contribution in [0.25, 0.3) is 11.3 Å². The van der Waals surface area contributed by atoms with Crippen molar-refractivity contribution in [3.8, 4) is 23.1 Å². The van der Waals surface area contributed by atoms with Crippen LogP contribution in [0.2, 0.25) is 0 Å². The molecule has 160 valence electrons. The third kappa shape index (κ3) is 5.43. The molecule has 1 aliphatic heterocycles. The summed E-state index contributed by atoms with van der Waals surface area (Å²) in [6, 6.07) is 0.230. The monoisotopic (exact) mass is 406 g/mol. The van der Waals surface area contributed by atoms with Crippen LogP contribution < -0.4 is 9.47 Å². The van der Waals surface area contributed by atoms with Crippen LogP contribution in [0.5, 0.6) is 11.9 Å². The van der Waals surface area contributed by atoms with E-state index in [2.05, 4.69) is 15.0 Å². The molecule has 1 aliphatic rings. The number of rotatable bonds is 5. The first kappa shape index (κ1) is 21.5. The number of aromatic nitrogens is 4. The quantitative estimate of drug-likeness (QED) is 0.778.